The third-order valence-electron chi connectivity index (χ3n) is 7.51. The van der Waals surface area contributed by atoms with Crippen LogP contribution in [-0.2, 0) is 17.5 Å². The van der Waals surface area contributed by atoms with E-state index in [-0.39, 0.29) is 24.2 Å². The average Bonchev–Trinajstić information content (AvgIpc) is 3.53. The number of anilines is 1. The number of amides is 1. The Morgan fingerprint density at radius 3 is 2.41 bits per heavy atom. The van der Waals surface area contributed by atoms with Crippen molar-refractivity contribution < 1.29 is 22.7 Å². The van der Waals surface area contributed by atoms with Gasteiger partial charge in [-0.3, -0.25) is 9.69 Å². The van der Waals surface area contributed by atoms with Crippen LogP contribution in [0.5, 0.6) is 5.88 Å². The molecule has 1 amide bonds. The summed E-state index contributed by atoms with van der Waals surface area (Å²) in [5.41, 5.74) is 1.89. The zero-order chi connectivity index (χ0) is 29.1. The van der Waals surface area contributed by atoms with Crippen LogP contribution < -0.4 is 9.64 Å². The van der Waals surface area contributed by atoms with E-state index in [0.29, 0.717) is 41.2 Å². The van der Waals surface area contributed by atoms with Crippen LogP contribution in [0.25, 0.3) is 22.8 Å². The van der Waals surface area contributed by atoms with Gasteiger partial charge in [0.1, 0.15) is 17.7 Å². The second kappa shape index (κ2) is 9.96. The number of carbonyl (C=O) groups excluding carboxylic acids is 1. The van der Waals surface area contributed by atoms with E-state index >= 15 is 0 Å². The Hall–Kier alpha value is -4.29. The third kappa shape index (κ3) is 4.82. The topological polar surface area (TPSA) is 104 Å². The maximum atomic E-state index is 13.4. The summed E-state index contributed by atoms with van der Waals surface area (Å²) in [6, 6.07) is 6.43. The number of imidazole rings is 1. The summed E-state index contributed by atoms with van der Waals surface area (Å²) >= 11 is 0. The first-order valence-electron chi connectivity index (χ1n) is 13.5. The Morgan fingerprint density at radius 1 is 1.05 bits per heavy atom. The van der Waals surface area contributed by atoms with Crippen LogP contribution in [0, 0.1) is 0 Å². The van der Waals surface area contributed by atoms with E-state index in [1.54, 1.807) is 47.7 Å². The molecule has 1 aliphatic heterocycles. The minimum Gasteiger partial charge on any atom is -0.480 e. The van der Waals surface area contributed by atoms with Gasteiger partial charge in [-0.1, -0.05) is 24.3 Å². The molecule has 1 aliphatic carbocycles. The number of hydrogen-bond acceptors (Lipinski definition) is 7. The van der Waals surface area contributed by atoms with E-state index in [1.807, 2.05) is 6.92 Å². The molecule has 0 unspecified atom stereocenters. The molecule has 10 nitrogen and oxygen atoms in total. The molecule has 0 radical (unpaired) electrons. The Morgan fingerprint density at radius 2 is 1.78 bits per heavy atom. The molecule has 0 saturated heterocycles. The summed E-state index contributed by atoms with van der Waals surface area (Å²) in [7, 11) is 1.54. The van der Waals surface area contributed by atoms with Gasteiger partial charge in [0.05, 0.1) is 25.4 Å². The molecule has 1 fully saturated rings. The van der Waals surface area contributed by atoms with Crippen molar-refractivity contribution in [2.24, 2.45) is 0 Å². The minimum absolute atomic E-state index is 0.100. The van der Waals surface area contributed by atoms with Gasteiger partial charge in [-0.05, 0) is 39.2 Å². The summed E-state index contributed by atoms with van der Waals surface area (Å²) in [5, 5.41) is 4.71. The number of halogens is 3. The highest BCUT2D eigenvalue weighted by molar-refractivity contribution is 5.94. The van der Waals surface area contributed by atoms with Crippen LogP contribution in [-0.4, -0.2) is 47.3 Å². The molecule has 4 heterocycles. The first kappa shape index (κ1) is 26.9. The van der Waals surface area contributed by atoms with Crippen molar-refractivity contribution in [3.63, 3.8) is 0 Å². The molecule has 1 saturated carbocycles. The van der Waals surface area contributed by atoms with E-state index in [9.17, 15) is 18.0 Å². The maximum Gasteiger partial charge on any atom is 0.434 e. The number of hydrogen-bond donors (Lipinski definition) is 0. The molecular weight excluding hydrogens is 537 g/mol. The van der Waals surface area contributed by atoms with Gasteiger partial charge in [-0.2, -0.15) is 18.2 Å². The number of benzene rings is 1. The van der Waals surface area contributed by atoms with Gasteiger partial charge >= 0.3 is 6.18 Å². The SMILES string of the molecule is COc1ncnc(C2CC2)c1-c1nc2n(n1)CCC(=O)N2[C@H](C)c1ccc(-c2nc(C(F)(F)F)cn2C(C)C)cc1. The van der Waals surface area contributed by atoms with Crippen molar-refractivity contribution in [1.82, 2.24) is 34.3 Å². The van der Waals surface area contributed by atoms with Crippen LogP contribution >= 0.6 is 0 Å². The van der Waals surface area contributed by atoms with Crippen molar-refractivity contribution in [3.8, 4) is 28.7 Å². The van der Waals surface area contributed by atoms with E-state index in [1.165, 1.54) is 18.0 Å². The summed E-state index contributed by atoms with van der Waals surface area (Å²) < 4.78 is 48.9. The fourth-order valence-electron chi connectivity index (χ4n) is 5.20. The number of aromatic nitrogens is 7. The number of ether oxygens (including phenoxy) is 1. The average molecular weight is 567 g/mol. The highest BCUT2D eigenvalue weighted by Gasteiger charge is 2.37. The van der Waals surface area contributed by atoms with Crippen LogP contribution in [0.15, 0.2) is 36.8 Å². The molecule has 1 atom stereocenters. The lowest BCUT2D eigenvalue weighted by Crippen LogP contribution is -2.39. The van der Waals surface area contributed by atoms with Gasteiger partial charge in [0.25, 0.3) is 0 Å². The lowest BCUT2D eigenvalue weighted by Gasteiger charge is -2.31. The molecule has 2 aliphatic rings. The molecule has 3 aromatic heterocycles. The number of methoxy groups -OCH3 is 1. The van der Waals surface area contributed by atoms with Crippen molar-refractivity contribution >= 4 is 11.9 Å². The van der Waals surface area contributed by atoms with Crippen LogP contribution in [0.1, 0.15) is 75.0 Å². The van der Waals surface area contributed by atoms with Crippen LogP contribution in [0.2, 0.25) is 0 Å². The largest absolute Gasteiger partial charge is 0.480 e. The molecule has 1 aromatic carbocycles. The van der Waals surface area contributed by atoms with Crippen molar-refractivity contribution in [2.75, 3.05) is 12.0 Å². The predicted molar refractivity (Wildman–Crippen MR) is 143 cm³/mol. The maximum absolute atomic E-state index is 13.4. The Balaban J connectivity index is 1.33. The Labute approximate surface area is 234 Å². The summed E-state index contributed by atoms with van der Waals surface area (Å²) in [6.45, 7) is 5.88. The summed E-state index contributed by atoms with van der Waals surface area (Å²) in [5.74, 6) is 1.64. The minimum atomic E-state index is -4.54. The smallest absolute Gasteiger partial charge is 0.434 e. The van der Waals surface area contributed by atoms with E-state index < -0.39 is 17.9 Å². The summed E-state index contributed by atoms with van der Waals surface area (Å²) in [4.78, 5) is 32.2. The van der Waals surface area contributed by atoms with Gasteiger partial charge < -0.3 is 9.30 Å². The Kier molecular flexibility index (Phi) is 6.54. The van der Waals surface area contributed by atoms with Crippen molar-refractivity contribution in [1.29, 1.82) is 0 Å². The molecule has 214 valence electrons. The molecule has 6 rings (SSSR count). The molecule has 41 heavy (non-hydrogen) atoms. The molecule has 0 bridgehead atoms. The van der Waals surface area contributed by atoms with Crippen molar-refractivity contribution in [2.45, 2.75) is 70.8 Å². The quantitative estimate of drug-likeness (QED) is 0.288. The zero-order valence-electron chi connectivity index (χ0n) is 23.1. The first-order valence-corrected chi connectivity index (χ1v) is 13.5. The van der Waals surface area contributed by atoms with Gasteiger partial charge in [0, 0.05) is 30.1 Å². The summed E-state index contributed by atoms with van der Waals surface area (Å²) in [6.07, 6.45) is 0.269. The number of fused-ring (bicyclic) bond motifs is 1. The fourth-order valence-corrected chi connectivity index (χ4v) is 5.20. The second-order valence-electron chi connectivity index (χ2n) is 10.6. The van der Waals surface area contributed by atoms with Gasteiger partial charge in [-0.25, -0.2) is 19.6 Å². The van der Waals surface area contributed by atoms with Crippen LogP contribution in [0.4, 0.5) is 19.1 Å². The number of alkyl halides is 3. The number of rotatable bonds is 7. The number of carbonyl (C=O) groups is 1. The third-order valence-corrected chi connectivity index (χ3v) is 7.51. The van der Waals surface area contributed by atoms with E-state index in [0.717, 1.165) is 30.3 Å². The normalized spacial score (nSPS) is 16.3. The van der Waals surface area contributed by atoms with E-state index in [2.05, 4.69) is 15.0 Å². The van der Waals surface area contributed by atoms with Gasteiger partial charge in [0.2, 0.25) is 17.7 Å². The molecule has 4 aromatic rings. The van der Waals surface area contributed by atoms with Gasteiger partial charge in [0.15, 0.2) is 11.5 Å². The fraction of sp³-hybridized carbons (Fsp3) is 0.429. The number of nitrogens with zero attached hydrogens (tertiary/aromatic N) is 8. The van der Waals surface area contributed by atoms with E-state index in [4.69, 9.17) is 14.8 Å². The highest BCUT2D eigenvalue weighted by Crippen LogP contribution is 2.45. The second-order valence-corrected chi connectivity index (χ2v) is 10.6. The molecular formula is C28H29F3N8O2. The highest BCUT2D eigenvalue weighted by atomic mass is 19.4. The first-order chi connectivity index (χ1) is 19.6. The van der Waals surface area contributed by atoms with Crippen LogP contribution in [0.3, 0.4) is 0 Å². The lowest BCUT2D eigenvalue weighted by atomic mass is 10.0. The number of aryl methyl sites for hydroxylation is 1. The zero-order valence-corrected chi connectivity index (χ0v) is 23.1. The molecule has 13 heteroatoms. The standard InChI is InChI=1S/C28H29F3N8O2/c1-15(2)37-13-20(28(29,30)31)34-25(37)19-9-5-17(6-10-19)16(3)39-21(40)11-12-38-27(39)35-24(36-38)22-23(18-7-8-18)32-14-33-26(22)41-4/h5-6,9-10,13-16,18H,7-8,11-12H2,1-4H3/t16-/m1/s1. The molecule has 0 N–H and O–H groups in total. The van der Waals surface area contributed by atoms with Gasteiger partial charge in [-0.15, -0.1) is 5.10 Å². The molecule has 0 spiro atoms. The van der Waals surface area contributed by atoms with Crippen molar-refractivity contribution in [3.05, 3.63) is 53.7 Å². The lowest BCUT2D eigenvalue weighted by molar-refractivity contribution is -0.141. The predicted octanol–water partition coefficient (Wildman–Crippen LogP) is 5.58. The Bertz CT molecular complexity index is 1610. The monoisotopic (exact) mass is 566 g/mol.